The Kier molecular flexibility index (Phi) is 7.19. The summed E-state index contributed by atoms with van der Waals surface area (Å²) >= 11 is 0. The quantitative estimate of drug-likeness (QED) is 0.500. The summed E-state index contributed by atoms with van der Waals surface area (Å²) in [6, 6.07) is 0. The Hall–Kier alpha value is -0.690. The third-order valence-electron chi connectivity index (χ3n) is 3.31. The van der Waals surface area contributed by atoms with E-state index in [0.717, 1.165) is 6.42 Å². The molecule has 0 aromatic rings. The van der Waals surface area contributed by atoms with Gasteiger partial charge in [0.2, 0.25) is 5.91 Å². The standard InChI is InChI=1S/C12H24N2O4/c13-10-12(2-7-18-8-3-12)11(16)14-4-1-6-17-9-5-15/h15H,1-10,13H2,(H,14,16). The number of aliphatic hydroxyl groups is 1. The summed E-state index contributed by atoms with van der Waals surface area (Å²) in [5.41, 5.74) is 5.29. The van der Waals surface area contributed by atoms with Crippen LogP contribution in [0.15, 0.2) is 0 Å². The van der Waals surface area contributed by atoms with Crippen molar-refractivity contribution in [2.24, 2.45) is 11.1 Å². The third-order valence-corrected chi connectivity index (χ3v) is 3.31. The van der Waals surface area contributed by atoms with Crippen LogP contribution in [0.25, 0.3) is 0 Å². The fourth-order valence-corrected chi connectivity index (χ4v) is 2.02. The Bertz CT molecular complexity index is 242. The van der Waals surface area contributed by atoms with E-state index in [2.05, 4.69) is 5.32 Å². The molecule has 1 saturated heterocycles. The van der Waals surface area contributed by atoms with Crippen LogP contribution in [0.1, 0.15) is 19.3 Å². The number of nitrogens with one attached hydrogen (secondary N) is 1. The lowest BCUT2D eigenvalue weighted by atomic mass is 9.79. The van der Waals surface area contributed by atoms with Crippen LogP contribution < -0.4 is 11.1 Å². The minimum Gasteiger partial charge on any atom is -0.394 e. The van der Waals surface area contributed by atoms with Crippen molar-refractivity contribution in [1.82, 2.24) is 5.32 Å². The SMILES string of the molecule is NCC1(C(=O)NCCCOCCO)CCOCC1. The summed E-state index contributed by atoms with van der Waals surface area (Å²) in [6.45, 7) is 3.06. The van der Waals surface area contributed by atoms with Crippen molar-refractivity contribution in [3.8, 4) is 0 Å². The van der Waals surface area contributed by atoms with Gasteiger partial charge >= 0.3 is 0 Å². The van der Waals surface area contributed by atoms with Gasteiger partial charge in [0, 0.05) is 32.9 Å². The maximum Gasteiger partial charge on any atom is 0.227 e. The Morgan fingerprint density at radius 3 is 2.72 bits per heavy atom. The normalized spacial score (nSPS) is 18.6. The number of carbonyl (C=O) groups is 1. The molecule has 1 aliphatic rings. The lowest BCUT2D eigenvalue weighted by Gasteiger charge is -2.34. The third kappa shape index (κ3) is 4.53. The second kappa shape index (κ2) is 8.42. The monoisotopic (exact) mass is 260 g/mol. The van der Waals surface area contributed by atoms with Crippen molar-refractivity contribution < 1.29 is 19.4 Å². The van der Waals surface area contributed by atoms with Gasteiger partial charge in [-0.1, -0.05) is 0 Å². The molecule has 1 rings (SSSR count). The highest BCUT2D eigenvalue weighted by molar-refractivity contribution is 5.83. The van der Waals surface area contributed by atoms with Crippen LogP contribution in [-0.2, 0) is 14.3 Å². The van der Waals surface area contributed by atoms with Gasteiger partial charge in [0.25, 0.3) is 0 Å². The summed E-state index contributed by atoms with van der Waals surface area (Å²) in [5, 5.41) is 11.4. The number of carbonyl (C=O) groups excluding carboxylic acids is 1. The lowest BCUT2D eigenvalue weighted by molar-refractivity contribution is -0.135. The molecule has 6 nitrogen and oxygen atoms in total. The topological polar surface area (TPSA) is 93.8 Å². The Morgan fingerprint density at radius 1 is 1.39 bits per heavy atom. The Morgan fingerprint density at radius 2 is 2.11 bits per heavy atom. The predicted molar refractivity (Wildman–Crippen MR) is 67.1 cm³/mol. The number of hydrogen-bond donors (Lipinski definition) is 3. The maximum atomic E-state index is 12.1. The van der Waals surface area contributed by atoms with Gasteiger partial charge in [-0.15, -0.1) is 0 Å². The zero-order chi connectivity index (χ0) is 13.3. The van der Waals surface area contributed by atoms with Gasteiger partial charge in [0.05, 0.1) is 18.6 Å². The number of rotatable bonds is 8. The summed E-state index contributed by atoms with van der Waals surface area (Å²) in [4.78, 5) is 12.1. The van der Waals surface area contributed by atoms with Crippen molar-refractivity contribution in [2.45, 2.75) is 19.3 Å². The van der Waals surface area contributed by atoms with E-state index < -0.39 is 5.41 Å². The average molecular weight is 260 g/mol. The molecule has 0 radical (unpaired) electrons. The molecular formula is C12H24N2O4. The van der Waals surface area contributed by atoms with Crippen LogP contribution in [0.5, 0.6) is 0 Å². The minimum atomic E-state index is -0.454. The van der Waals surface area contributed by atoms with E-state index in [4.69, 9.17) is 20.3 Å². The second-order valence-corrected chi connectivity index (χ2v) is 4.54. The highest BCUT2D eigenvalue weighted by Gasteiger charge is 2.38. The molecule has 1 fully saturated rings. The van der Waals surface area contributed by atoms with Crippen LogP contribution in [0, 0.1) is 5.41 Å². The molecule has 4 N–H and O–H groups in total. The van der Waals surface area contributed by atoms with Gasteiger partial charge < -0.3 is 25.6 Å². The van der Waals surface area contributed by atoms with Gasteiger partial charge in [0.1, 0.15) is 0 Å². The first-order chi connectivity index (χ1) is 8.75. The highest BCUT2D eigenvalue weighted by atomic mass is 16.5. The molecule has 0 aromatic heterocycles. The van der Waals surface area contributed by atoms with Gasteiger partial charge in [-0.3, -0.25) is 4.79 Å². The first-order valence-corrected chi connectivity index (χ1v) is 6.50. The van der Waals surface area contributed by atoms with E-state index in [9.17, 15) is 4.79 Å². The van der Waals surface area contributed by atoms with E-state index in [0.29, 0.717) is 52.4 Å². The first kappa shape index (κ1) is 15.4. The molecule has 1 heterocycles. The van der Waals surface area contributed by atoms with E-state index in [1.54, 1.807) is 0 Å². The summed E-state index contributed by atoms with van der Waals surface area (Å²) < 4.78 is 10.4. The molecule has 6 heteroatoms. The maximum absolute atomic E-state index is 12.1. The highest BCUT2D eigenvalue weighted by Crippen LogP contribution is 2.29. The van der Waals surface area contributed by atoms with Gasteiger partial charge in [-0.25, -0.2) is 0 Å². The molecule has 0 bridgehead atoms. The molecule has 0 spiro atoms. The number of aliphatic hydroxyl groups excluding tert-OH is 1. The average Bonchev–Trinajstić information content (AvgIpc) is 2.43. The van der Waals surface area contributed by atoms with E-state index in [1.165, 1.54) is 0 Å². The number of nitrogens with two attached hydrogens (primary N) is 1. The Labute approximate surface area is 108 Å². The summed E-state index contributed by atoms with van der Waals surface area (Å²) in [5.74, 6) is 0.0236. The molecule has 1 aliphatic heterocycles. The second-order valence-electron chi connectivity index (χ2n) is 4.54. The van der Waals surface area contributed by atoms with Crippen molar-refractivity contribution in [1.29, 1.82) is 0 Å². The smallest absolute Gasteiger partial charge is 0.227 e. The zero-order valence-corrected chi connectivity index (χ0v) is 10.8. The molecule has 0 aromatic carbocycles. The molecule has 106 valence electrons. The van der Waals surface area contributed by atoms with Gasteiger partial charge in [-0.05, 0) is 19.3 Å². The fourth-order valence-electron chi connectivity index (χ4n) is 2.02. The van der Waals surface area contributed by atoms with Gasteiger partial charge in [0.15, 0.2) is 0 Å². The van der Waals surface area contributed by atoms with Crippen LogP contribution in [-0.4, -0.2) is 57.1 Å². The number of amides is 1. The lowest BCUT2D eigenvalue weighted by Crippen LogP contribution is -2.49. The fraction of sp³-hybridized carbons (Fsp3) is 0.917. The van der Waals surface area contributed by atoms with Crippen molar-refractivity contribution in [3.63, 3.8) is 0 Å². The summed E-state index contributed by atoms with van der Waals surface area (Å²) in [7, 11) is 0. The predicted octanol–water partition coefficient (Wildman–Crippen LogP) is -0.743. The van der Waals surface area contributed by atoms with E-state index in [-0.39, 0.29) is 12.5 Å². The summed E-state index contributed by atoms with van der Waals surface area (Å²) in [6.07, 6.45) is 2.12. The molecule has 0 atom stereocenters. The van der Waals surface area contributed by atoms with Crippen molar-refractivity contribution in [3.05, 3.63) is 0 Å². The van der Waals surface area contributed by atoms with Crippen molar-refractivity contribution in [2.75, 3.05) is 46.1 Å². The van der Waals surface area contributed by atoms with Crippen LogP contribution in [0.3, 0.4) is 0 Å². The molecule has 0 saturated carbocycles. The largest absolute Gasteiger partial charge is 0.394 e. The van der Waals surface area contributed by atoms with E-state index in [1.807, 2.05) is 0 Å². The zero-order valence-electron chi connectivity index (χ0n) is 10.8. The molecule has 0 unspecified atom stereocenters. The molecule has 0 aliphatic carbocycles. The Balaban J connectivity index is 2.21. The molecule has 18 heavy (non-hydrogen) atoms. The van der Waals surface area contributed by atoms with Gasteiger partial charge in [-0.2, -0.15) is 0 Å². The molecule has 1 amide bonds. The van der Waals surface area contributed by atoms with Crippen LogP contribution in [0.2, 0.25) is 0 Å². The first-order valence-electron chi connectivity index (χ1n) is 6.50. The van der Waals surface area contributed by atoms with E-state index >= 15 is 0 Å². The number of hydrogen-bond acceptors (Lipinski definition) is 5. The van der Waals surface area contributed by atoms with Crippen LogP contribution >= 0.6 is 0 Å². The van der Waals surface area contributed by atoms with Crippen LogP contribution in [0.4, 0.5) is 0 Å². The molecular weight excluding hydrogens is 236 g/mol. The minimum absolute atomic E-state index is 0.0236. The number of ether oxygens (including phenoxy) is 2. The van der Waals surface area contributed by atoms with Crippen molar-refractivity contribution >= 4 is 5.91 Å².